The highest BCUT2D eigenvalue weighted by atomic mass is 35.5. The van der Waals surface area contributed by atoms with Crippen molar-refractivity contribution in [3.05, 3.63) is 40.4 Å². The van der Waals surface area contributed by atoms with E-state index in [4.69, 9.17) is 11.6 Å². The van der Waals surface area contributed by atoms with Crippen LogP contribution in [0.25, 0.3) is 6.08 Å². The van der Waals surface area contributed by atoms with Gasteiger partial charge < -0.3 is 0 Å². The Bertz CT molecular complexity index is 405. The quantitative estimate of drug-likeness (QED) is 0.681. The van der Waals surface area contributed by atoms with Gasteiger partial charge in [-0.15, -0.1) is 0 Å². The third-order valence-corrected chi connectivity index (χ3v) is 2.60. The Morgan fingerprint density at radius 3 is 2.25 bits per heavy atom. The monoisotopic (exact) mass is 248 g/mol. The summed E-state index contributed by atoms with van der Waals surface area (Å²) in [7, 11) is 0. The molecule has 0 heterocycles. The zero-order chi connectivity index (χ0) is 12.5. The molecule has 0 aromatic heterocycles. The van der Waals surface area contributed by atoms with Crippen LogP contribution in [0.4, 0.5) is 13.2 Å². The van der Waals surface area contributed by atoms with Gasteiger partial charge in [0.05, 0.1) is 5.56 Å². The maximum atomic E-state index is 12.5. The van der Waals surface area contributed by atoms with Crippen molar-refractivity contribution in [1.82, 2.24) is 0 Å². The molecule has 0 aliphatic rings. The van der Waals surface area contributed by atoms with E-state index >= 15 is 0 Å². The predicted octanol–water partition coefficient (Wildman–Crippen LogP) is 5.13. The third kappa shape index (κ3) is 2.59. The molecule has 4 heteroatoms. The fourth-order valence-corrected chi connectivity index (χ4v) is 2.03. The van der Waals surface area contributed by atoms with Gasteiger partial charge in [-0.1, -0.05) is 38.1 Å². The zero-order valence-corrected chi connectivity index (χ0v) is 9.78. The summed E-state index contributed by atoms with van der Waals surface area (Å²) in [5, 5.41) is 0.139. The molecule has 0 bridgehead atoms. The summed E-state index contributed by atoms with van der Waals surface area (Å²) in [6, 6.07) is 2.04. The lowest BCUT2D eigenvalue weighted by atomic mass is 9.95. The van der Waals surface area contributed by atoms with Crippen LogP contribution < -0.4 is 0 Å². The highest BCUT2D eigenvalue weighted by Gasteiger charge is 2.31. The molecule has 1 rings (SSSR count). The van der Waals surface area contributed by atoms with Gasteiger partial charge in [0.2, 0.25) is 0 Å². The lowest BCUT2D eigenvalue weighted by Crippen LogP contribution is -2.07. The Morgan fingerprint density at radius 1 is 1.31 bits per heavy atom. The largest absolute Gasteiger partial charge is 0.416 e. The maximum absolute atomic E-state index is 12.5. The number of benzene rings is 1. The summed E-state index contributed by atoms with van der Waals surface area (Å²) in [5.74, 6) is 0.0581. The van der Waals surface area contributed by atoms with Gasteiger partial charge in [0.25, 0.3) is 0 Å². The molecular formula is C12H12ClF3. The van der Waals surface area contributed by atoms with Crippen molar-refractivity contribution in [3.63, 3.8) is 0 Å². The first-order chi connectivity index (χ1) is 7.27. The molecule has 0 nitrogen and oxygen atoms in total. The number of alkyl halides is 3. The van der Waals surface area contributed by atoms with Crippen LogP contribution in [0.1, 0.15) is 36.5 Å². The number of rotatable bonds is 2. The van der Waals surface area contributed by atoms with Crippen molar-refractivity contribution in [2.75, 3.05) is 0 Å². The minimum atomic E-state index is -4.38. The minimum absolute atomic E-state index is 0.0581. The van der Waals surface area contributed by atoms with E-state index in [2.05, 4.69) is 6.58 Å². The van der Waals surface area contributed by atoms with Crippen molar-refractivity contribution in [2.45, 2.75) is 25.9 Å². The van der Waals surface area contributed by atoms with Crippen LogP contribution in [-0.2, 0) is 6.18 Å². The molecule has 0 spiro atoms. The van der Waals surface area contributed by atoms with Gasteiger partial charge in [0.15, 0.2) is 0 Å². The minimum Gasteiger partial charge on any atom is -0.166 e. The number of halogens is 4. The molecule has 0 atom stereocenters. The first-order valence-corrected chi connectivity index (χ1v) is 5.18. The van der Waals surface area contributed by atoms with Gasteiger partial charge in [-0.2, -0.15) is 13.2 Å². The smallest absolute Gasteiger partial charge is 0.166 e. The highest BCUT2D eigenvalue weighted by molar-refractivity contribution is 6.31. The fourth-order valence-electron chi connectivity index (χ4n) is 1.58. The summed E-state index contributed by atoms with van der Waals surface area (Å²) in [5.41, 5.74) is 0.399. The van der Waals surface area contributed by atoms with E-state index < -0.39 is 11.7 Å². The van der Waals surface area contributed by atoms with E-state index in [0.717, 1.165) is 12.1 Å². The predicted molar refractivity (Wildman–Crippen MR) is 60.6 cm³/mol. The Balaban J connectivity index is 3.44. The molecular weight excluding hydrogens is 237 g/mol. The van der Waals surface area contributed by atoms with Crippen LogP contribution in [0, 0.1) is 0 Å². The molecule has 0 fully saturated rings. The summed E-state index contributed by atoms with van der Waals surface area (Å²) in [6.07, 6.45) is -2.98. The third-order valence-electron chi connectivity index (χ3n) is 2.29. The Labute approximate surface area is 97.7 Å². The molecule has 0 saturated heterocycles. The summed E-state index contributed by atoms with van der Waals surface area (Å²) in [6.45, 7) is 7.27. The summed E-state index contributed by atoms with van der Waals surface area (Å²) < 4.78 is 37.6. The van der Waals surface area contributed by atoms with Gasteiger partial charge in [0.1, 0.15) is 0 Å². The van der Waals surface area contributed by atoms with Crippen molar-refractivity contribution in [2.24, 2.45) is 0 Å². The van der Waals surface area contributed by atoms with Crippen LogP contribution in [0.5, 0.6) is 0 Å². The van der Waals surface area contributed by atoms with Gasteiger partial charge in [-0.25, -0.2) is 0 Å². The normalized spacial score (nSPS) is 11.9. The summed E-state index contributed by atoms with van der Waals surface area (Å²) in [4.78, 5) is 0. The SMILES string of the molecule is C=Cc1cc(C(F)(F)F)cc(Cl)c1C(C)C. The van der Waals surface area contributed by atoms with E-state index in [0.29, 0.717) is 11.1 Å². The number of hydrogen-bond acceptors (Lipinski definition) is 0. The van der Waals surface area contributed by atoms with Crippen molar-refractivity contribution in [1.29, 1.82) is 0 Å². The number of hydrogen-bond donors (Lipinski definition) is 0. The summed E-state index contributed by atoms with van der Waals surface area (Å²) >= 11 is 5.87. The molecule has 0 saturated carbocycles. The van der Waals surface area contributed by atoms with E-state index in [9.17, 15) is 13.2 Å². The zero-order valence-electron chi connectivity index (χ0n) is 9.03. The molecule has 88 valence electrons. The van der Waals surface area contributed by atoms with E-state index in [1.54, 1.807) is 0 Å². The highest BCUT2D eigenvalue weighted by Crippen LogP contribution is 2.36. The Hall–Kier alpha value is -0.960. The van der Waals surface area contributed by atoms with E-state index in [1.165, 1.54) is 6.08 Å². The average Bonchev–Trinajstić information content (AvgIpc) is 2.14. The second-order valence-electron chi connectivity index (χ2n) is 3.82. The maximum Gasteiger partial charge on any atom is 0.416 e. The molecule has 0 unspecified atom stereocenters. The molecule has 0 amide bonds. The molecule has 16 heavy (non-hydrogen) atoms. The lowest BCUT2D eigenvalue weighted by molar-refractivity contribution is -0.137. The molecule has 0 aliphatic carbocycles. The van der Waals surface area contributed by atoms with Crippen LogP contribution in [0.15, 0.2) is 18.7 Å². The van der Waals surface area contributed by atoms with E-state index in [1.807, 2.05) is 13.8 Å². The van der Waals surface area contributed by atoms with Gasteiger partial charge in [0, 0.05) is 5.02 Å². The first-order valence-electron chi connectivity index (χ1n) is 4.80. The van der Waals surface area contributed by atoms with Crippen molar-refractivity contribution < 1.29 is 13.2 Å². The Morgan fingerprint density at radius 2 is 1.88 bits per heavy atom. The molecule has 1 aromatic rings. The second kappa shape index (κ2) is 4.50. The van der Waals surface area contributed by atoms with Crippen LogP contribution >= 0.6 is 11.6 Å². The standard InChI is InChI=1S/C12H12ClF3/c1-4-8-5-9(12(14,15)16)6-10(13)11(8)7(2)3/h4-7H,1H2,2-3H3. The second-order valence-corrected chi connectivity index (χ2v) is 4.22. The first kappa shape index (κ1) is 13.1. The van der Waals surface area contributed by atoms with Crippen molar-refractivity contribution >= 4 is 17.7 Å². The molecule has 0 aliphatic heterocycles. The van der Waals surface area contributed by atoms with Crippen molar-refractivity contribution in [3.8, 4) is 0 Å². The van der Waals surface area contributed by atoms with Crippen LogP contribution in [0.2, 0.25) is 5.02 Å². The topological polar surface area (TPSA) is 0 Å². The van der Waals surface area contributed by atoms with Crippen LogP contribution in [-0.4, -0.2) is 0 Å². The van der Waals surface area contributed by atoms with Crippen LogP contribution in [0.3, 0.4) is 0 Å². The van der Waals surface area contributed by atoms with Gasteiger partial charge in [-0.05, 0) is 29.2 Å². The van der Waals surface area contributed by atoms with Gasteiger partial charge in [-0.3, -0.25) is 0 Å². The molecule has 0 N–H and O–H groups in total. The molecule has 1 aromatic carbocycles. The van der Waals surface area contributed by atoms with Gasteiger partial charge >= 0.3 is 6.18 Å². The van der Waals surface area contributed by atoms with E-state index in [-0.39, 0.29) is 10.9 Å². The average molecular weight is 249 g/mol. The Kier molecular flexibility index (Phi) is 3.68. The molecule has 0 radical (unpaired) electrons. The lowest BCUT2D eigenvalue weighted by Gasteiger charge is -2.15. The fraction of sp³-hybridized carbons (Fsp3) is 0.333.